The summed E-state index contributed by atoms with van der Waals surface area (Å²) in [7, 11) is 0. The number of hydrogen-bond acceptors (Lipinski definition) is 4. The van der Waals surface area contributed by atoms with Gasteiger partial charge in [-0.3, -0.25) is 9.69 Å². The summed E-state index contributed by atoms with van der Waals surface area (Å²) in [5, 5.41) is 3.68. The van der Waals surface area contributed by atoms with Gasteiger partial charge in [-0.25, -0.2) is 0 Å². The number of nitrogens with zero attached hydrogens (tertiary/aromatic N) is 1. The lowest BCUT2D eigenvalue weighted by Crippen LogP contribution is -2.54. The Morgan fingerprint density at radius 1 is 1.42 bits per heavy atom. The van der Waals surface area contributed by atoms with Crippen LogP contribution in [-0.2, 0) is 9.53 Å². The highest BCUT2D eigenvalue weighted by atomic mass is 35.5. The third-order valence-corrected chi connectivity index (χ3v) is 4.44. The first-order valence-electron chi connectivity index (χ1n) is 8.29. The summed E-state index contributed by atoms with van der Waals surface area (Å²) in [4.78, 5) is 14.5. The van der Waals surface area contributed by atoms with E-state index < -0.39 is 5.54 Å². The monoisotopic (exact) mass is 353 g/mol. The average molecular weight is 354 g/mol. The number of amides is 1. The summed E-state index contributed by atoms with van der Waals surface area (Å²) in [5.74, 6) is -0.158. The number of nitrogens with one attached hydrogen (secondary N) is 1. The summed E-state index contributed by atoms with van der Waals surface area (Å²) < 4.78 is 5.81. The van der Waals surface area contributed by atoms with Gasteiger partial charge in [0.05, 0.1) is 23.8 Å². The summed E-state index contributed by atoms with van der Waals surface area (Å²) in [6.07, 6.45) is 0. The molecule has 1 saturated heterocycles. The maximum absolute atomic E-state index is 12.2. The zero-order valence-corrected chi connectivity index (χ0v) is 15.7. The van der Waals surface area contributed by atoms with Gasteiger partial charge in [0, 0.05) is 24.7 Å². The Labute approximate surface area is 149 Å². The van der Waals surface area contributed by atoms with Gasteiger partial charge in [0.1, 0.15) is 0 Å². The zero-order chi connectivity index (χ0) is 18.0. The second kappa shape index (κ2) is 7.40. The lowest BCUT2D eigenvalue weighted by molar-refractivity contribution is -0.126. The van der Waals surface area contributed by atoms with Crippen LogP contribution in [0.1, 0.15) is 39.3 Å². The van der Waals surface area contributed by atoms with Crippen LogP contribution in [-0.4, -0.2) is 48.2 Å². The predicted molar refractivity (Wildman–Crippen MR) is 97.1 cm³/mol. The van der Waals surface area contributed by atoms with Crippen LogP contribution in [0.4, 0.5) is 0 Å². The van der Waals surface area contributed by atoms with Crippen LogP contribution in [0.25, 0.3) is 0 Å². The Hall–Kier alpha value is -1.14. The van der Waals surface area contributed by atoms with E-state index in [1.54, 1.807) is 13.8 Å². The molecule has 0 radical (unpaired) electrons. The minimum atomic E-state index is -0.894. The Bertz CT molecular complexity index is 567. The molecule has 1 aromatic carbocycles. The average Bonchev–Trinajstić information content (AvgIpc) is 2.47. The van der Waals surface area contributed by atoms with Crippen molar-refractivity contribution in [1.82, 2.24) is 10.2 Å². The molecule has 134 valence electrons. The fraction of sp³-hybridized carbons (Fsp3) is 0.611. The number of morpholine rings is 1. The van der Waals surface area contributed by atoms with E-state index in [4.69, 9.17) is 22.1 Å². The Kier molecular flexibility index (Phi) is 5.91. The number of benzene rings is 1. The molecule has 0 spiro atoms. The van der Waals surface area contributed by atoms with Gasteiger partial charge in [0.15, 0.2) is 0 Å². The molecule has 0 aliphatic carbocycles. The number of hydrogen-bond donors (Lipinski definition) is 2. The van der Waals surface area contributed by atoms with E-state index in [0.29, 0.717) is 18.2 Å². The van der Waals surface area contributed by atoms with Crippen molar-refractivity contribution in [2.45, 2.75) is 44.9 Å². The smallest absolute Gasteiger partial charge is 0.239 e. The number of carbonyl (C=O) groups excluding carboxylic acids is 1. The number of ether oxygens (including phenoxy) is 1. The van der Waals surface area contributed by atoms with Crippen molar-refractivity contribution < 1.29 is 9.53 Å². The zero-order valence-electron chi connectivity index (χ0n) is 14.9. The maximum atomic E-state index is 12.2. The Balaban J connectivity index is 2.18. The Morgan fingerprint density at radius 3 is 2.58 bits per heavy atom. The molecule has 1 aromatic rings. The maximum Gasteiger partial charge on any atom is 0.239 e. The highest BCUT2D eigenvalue weighted by molar-refractivity contribution is 6.30. The van der Waals surface area contributed by atoms with Crippen molar-refractivity contribution in [2.75, 3.05) is 26.2 Å². The van der Waals surface area contributed by atoms with Gasteiger partial charge in [0.25, 0.3) is 0 Å². The molecule has 1 unspecified atom stereocenters. The standard InChI is InChI=1S/C18H28ClN3O2/c1-17(2)12-22(9-10-24-17)15(11-21-16(23)18(3,4)20)13-5-7-14(19)8-6-13/h5-8,15H,9-12,20H2,1-4H3,(H,21,23). The van der Waals surface area contributed by atoms with Gasteiger partial charge >= 0.3 is 0 Å². The molecule has 0 aromatic heterocycles. The highest BCUT2D eigenvalue weighted by Gasteiger charge is 2.33. The van der Waals surface area contributed by atoms with E-state index in [2.05, 4.69) is 24.1 Å². The number of rotatable bonds is 5. The molecule has 0 saturated carbocycles. The first kappa shape index (κ1) is 19.2. The summed E-state index contributed by atoms with van der Waals surface area (Å²) >= 11 is 6.01. The summed E-state index contributed by atoms with van der Waals surface area (Å²) in [5.41, 5.74) is 5.90. The molecule has 6 heteroatoms. The molecular weight excluding hydrogens is 326 g/mol. The molecular formula is C18H28ClN3O2. The van der Waals surface area contributed by atoms with Crippen LogP contribution in [0.5, 0.6) is 0 Å². The molecule has 1 atom stereocenters. The largest absolute Gasteiger partial charge is 0.373 e. The third-order valence-electron chi connectivity index (χ3n) is 4.19. The SMILES string of the molecule is CC1(C)CN(C(CNC(=O)C(C)(C)N)c2ccc(Cl)cc2)CCO1. The lowest BCUT2D eigenvalue weighted by Gasteiger charge is -2.42. The van der Waals surface area contributed by atoms with Crippen LogP contribution >= 0.6 is 11.6 Å². The van der Waals surface area contributed by atoms with Crippen molar-refractivity contribution in [3.63, 3.8) is 0 Å². The second-order valence-corrected chi connectivity index (χ2v) is 8.01. The highest BCUT2D eigenvalue weighted by Crippen LogP contribution is 2.27. The molecule has 2 rings (SSSR count). The normalized spacial score (nSPS) is 19.8. The summed E-state index contributed by atoms with van der Waals surface area (Å²) in [6.45, 7) is 10.4. The van der Waals surface area contributed by atoms with E-state index in [1.807, 2.05) is 24.3 Å². The van der Waals surface area contributed by atoms with Gasteiger partial charge in [-0.2, -0.15) is 0 Å². The van der Waals surface area contributed by atoms with Crippen molar-refractivity contribution in [1.29, 1.82) is 0 Å². The van der Waals surface area contributed by atoms with E-state index >= 15 is 0 Å². The van der Waals surface area contributed by atoms with Crippen molar-refractivity contribution in [3.8, 4) is 0 Å². The van der Waals surface area contributed by atoms with Crippen LogP contribution in [0.15, 0.2) is 24.3 Å². The van der Waals surface area contributed by atoms with E-state index in [9.17, 15) is 4.79 Å². The molecule has 24 heavy (non-hydrogen) atoms. The number of nitrogens with two attached hydrogens (primary N) is 1. The van der Waals surface area contributed by atoms with Crippen molar-refractivity contribution in [2.24, 2.45) is 5.73 Å². The third kappa shape index (κ3) is 5.18. The molecule has 1 fully saturated rings. The van der Waals surface area contributed by atoms with Crippen LogP contribution < -0.4 is 11.1 Å². The van der Waals surface area contributed by atoms with Gasteiger partial charge < -0.3 is 15.8 Å². The molecule has 1 heterocycles. The van der Waals surface area contributed by atoms with Gasteiger partial charge in [-0.1, -0.05) is 23.7 Å². The molecule has 3 N–H and O–H groups in total. The van der Waals surface area contributed by atoms with E-state index in [1.165, 1.54) is 0 Å². The van der Waals surface area contributed by atoms with Crippen molar-refractivity contribution >= 4 is 17.5 Å². The minimum absolute atomic E-state index is 0.0525. The Morgan fingerprint density at radius 2 is 2.04 bits per heavy atom. The molecule has 1 amide bonds. The molecule has 1 aliphatic rings. The van der Waals surface area contributed by atoms with Gasteiger partial charge in [0.2, 0.25) is 5.91 Å². The van der Waals surface area contributed by atoms with E-state index in [-0.39, 0.29) is 17.6 Å². The fourth-order valence-electron chi connectivity index (χ4n) is 2.88. The predicted octanol–water partition coefficient (Wildman–Crippen LogP) is 2.35. The van der Waals surface area contributed by atoms with E-state index in [0.717, 1.165) is 18.7 Å². The first-order chi connectivity index (χ1) is 11.1. The minimum Gasteiger partial charge on any atom is -0.373 e. The topological polar surface area (TPSA) is 67.6 Å². The number of halogens is 1. The molecule has 1 aliphatic heterocycles. The molecule has 0 bridgehead atoms. The summed E-state index contributed by atoms with van der Waals surface area (Å²) in [6, 6.07) is 7.83. The van der Waals surface area contributed by atoms with Crippen LogP contribution in [0.3, 0.4) is 0 Å². The van der Waals surface area contributed by atoms with Crippen LogP contribution in [0.2, 0.25) is 5.02 Å². The number of carbonyl (C=O) groups is 1. The quantitative estimate of drug-likeness (QED) is 0.852. The lowest BCUT2D eigenvalue weighted by atomic mass is 10.00. The second-order valence-electron chi connectivity index (χ2n) is 7.58. The van der Waals surface area contributed by atoms with Crippen LogP contribution in [0, 0.1) is 0 Å². The van der Waals surface area contributed by atoms with Gasteiger partial charge in [-0.05, 0) is 45.4 Å². The fourth-order valence-corrected chi connectivity index (χ4v) is 3.00. The molecule has 5 nitrogen and oxygen atoms in total. The first-order valence-corrected chi connectivity index (χ1v) is 8.67. The van der Waals surface area contributed by atoms with Crippen molar-refractivity contribution in [3.05, 3.63) is 34.9 Å². The van der Waals surface area contributed by atoms with Gasteiger partial charge in [-0.15, -0.1) is 0 Å².